The molecule has 0 saturated heterocycles. The van der Waals surface area contributed by atoms with Crippen LogP contribution in [0.2, 0.25) is 0 Å². The van der Waals surface area contributed by atoms with Gasteiger partial charge in [-0.1, -0.05) is 19.4 Å². The smallest absolute Gasteiger partial charge is 0.400 e. The Bertz CT molecular complexity index is 1220. The van der Waals surface area contributed by atoms with E-state index in [9.17, 15) is 43.9 Å². The monoisotopic (exact) mass is 630 g/mol. The van der Waals surface area contributed by atoms with Crippen LogP contribution in [0, 0.1) is 35.1 Å². The lowest BCUT2D eigenvalue weighted by Gasteiger charge is -2.38. The Morgan fingerprint density at radius 2 is 1.16 bits per heavy atom. The molecule has 2 aliphatic rings. The number of benzene rings is 2. The van der Waals surface area contributed by atoms with Crippen molar-refractivity contribution < 1.29 is 58.1 Å². The number of ether oxygens (including phenoxy) is 3. The zero-order valence-electron chi connectivity index (χ0n) is 23.3. The summed E-state index contributed by atoms with van der Waals surface area (Å²) in [6.07, 6.45) is -14.1. The van der Waals surface area contributed by atoms with Crippen LogP contribution < -0.4 is 4.74 Å². The Kier molecular flexibility index (Phi) is 10.3. The zero-order valence-corrected chi connectivity index (χ0v) is 23.3. The molecule has 0 N–H and O–H groups in total. The summed E-state index contributed by atoms with van der Waals surface area (Å²) in [6, 6.07) is 3.95. The van der Waals surface area contributed by atoms with Crippen molar-refractivity contribution >= 4 is 0 Å². The lowest BCUT2D eigenvalue weighted by atomic mass is 9.85. The van der Waals surface area contributed by atoms with E-state index in [1.54, 1.807) is 0 Å². The van der Waals surface area contributed by atoms with E-state index in [0.717, 1.165) is 12.1 Å². The molecule has 2 aromatic rings. The second-order valence-electron chi connectivity index (χ2n) is 11.2. The summed E-state index contributed by atoms with van der Waals surface area (Å²) in [5.41, 5.74) is -0.358. The van der Waals surface area contributed by atoms with Crippen LogP contribution in [0.25, 0.3) is 0 Å². The maximum atomic E-state index is 15.0. The first kappa shape index (κ1) is 33.4. The molecule has 0 bridgehead atoms. The van der Waals surface area contributed by atoms with E-state index in [2.05, 4.69) is 4.74 Å². The van der Waals surface area contributed by atoms with E-state index in [4.69, 9.17) is 9.47 Å². The Balaban J connectivity index is 1.25. The molecule has 0 aromatic heterocycles. The second kappa shape index (κ2) is 13.2. The molecule has 0 radical (unpaired) electrons. The fraction of sp³-hybridized carbons (Fsp3) is 0.600. The molecule has 3 nitrogen and oxygen atoms in total. The topological polar surface area (TPSA) is 27.7 Å². The SMILES string of the molecule is CCCc1ccc(C(F)(F)OC2CCC(C(F)(F)OC3CCC(C(F)(F)Oc4cc(F)c(F)c(F)c4)CC3)CC2)c(F)c1. The van der Waals surface area contributed by atoms with Gasteiger partial charge in [0.05, 0.1) is 29.6 Å². The second-order valence-corrected chi connectivity index (χ2v) is 11.2. The Labute approximate surface area is 242 Å². The van der Waals surface area contributed by atoms with Crippen LogP contribution in [0.3, 0.4) is 0 Å². The first-order valence-corrected chi connectivity index (χ1v) is 14.2. The van der Waals surface area contributed by atoms with Gasteiger partial charge >= 0.3 is 18.3 Å². The van der Waals surface area contributed by atoms with E-state index in [-0.39, 0.29) is 63.5 Å². The van der Waals surface area contributed by atoms with Crippen molar-refractivity contribution in [1.29, 1.82) is 0 Å². The fourth-order valence-corrected chi connectivity index (χ4v) is 5.70. The number of rotatable bonds is 11. The highest BCUT2D eigenvalue weighted by atomic mass is 19.3. The maximum absolute atomic E-state index is 15.0. The van der Waals surface area contributed by atoms with Crippen LogP contribution in [0.1, 0.15) is 75.8 Å². The average molecular weight is 631 g/mol. The van der Waals surface area contributed by atoms with Gasteiger partial charge in [0.15, 0.2) is 17.5 Å². The molecule has 0 atom stereocenters. The van der Waals surface area contributed by atoms with E-state index in [0.29, 0.717) is 18.4 Å². The van der Waals surface area contributed by atoms with Crippen molar-refractivity contribution in [3.05, 3.63) is 64.7 Å². The summed E-state index contributed by atoms with van der Waals surface area (Å²) in [4.78, 5) is 0. The molecule has 0 unspecified atom stereocenters. The van der Waals surface area contributed by atoms with Crippen LogP contribution in [0.5, 0.6) is 5.75 Å². The minimum absolute atomic E-state index is 0.143. The molecule has 2 aliphatic carbocycles. The van der Waals surface area contributed by atoms with E-state index >= 15 is 0 Å². The minimum Gasteiger partial charge on any atom is -0.432 e. The van der Waals surface area contributed by atoms with Crippen molar-refractivity contribution in [3.8, 4) is 5.75 Å². The first-order valence-electron chi connectivity index (χ1n) is 14.2. The summed E-state index contributed by atoms with van der Waals surface area (Å²) < 4.78 is 157. The van der Waals surface area contributed by atoms with Crippen molar-refractivity contribution in [3.63, 3.8) is 0 Å². The number of hydrogen-bond acceptors (Lipinski definition) is 3. The average Bonchev–Trinajstić information content (AvgIpc) is 2.92. The third-order valence-corrected chi connectivity index (χ3v) is 8.03. The van der Waals surface area contributed by atoms with E-state index in [1.165, 1.54) is 6.07 Å². The third kappa shape index (κ3) is 8.14. The summed E-state index contributed by atoms with van der Waals surface area (Å²) >= 11 is 0. The van der Waals surface area contributed by atoms with Gasteiger partial charge in [-0.15, -0.1) is 0 Å². The van der Waals surface area contributed by atoms with Gasteiger partial charge in [0.1, 0.15) is 11.6 Å². The van der Waals surface area contributed by atoms with Gasteiger partial charge in [-0.05, 0) is 75.5 Å². The molecule has 0 amide bonds. The predicted molar refractivity (Wildman–Crippen MR) is 135 cm³/mol. The van der Waals surface area contributed by atoms with Crippen LogP contribution in [-0.4, -0.2) is 24.4 Å². The molecule has 0 aliphatic heterocycles. The quantitative estimate of drug-likeness (QED) is 0.183. The molecule has 0 heterocycles. The number of aryl methyl sites for hydroxylation is 1. The molecule has 2 fully saturated rings. The van der Waals surface area contributed by atoms with Crippen molar-refractivity contribution in [2.24, 2.45) is 11.8 Å². The van der Waals surface area contributed by atoms with Crippen LogP contribution in [0.15, 0.2) is 30.3 Å². The first-order chi connectivity index (χ1) is 20.1. The highest BCUT2D eigenvalue weighted by Gasteiger charge is 2.49. The van der Waals surface area contributed by atoms with Crippen LogP contribution >= 0.6 is 0 Å². The fourth-order valence-electron chi connectivity index (χ4n) is 5.70. The third-order valence-electron chi connectivity index (χ3n) is 8.03. The highest BCUT2D eigenvalue weighted by Crippen LogP contribution is 2.45. The van der Waals surface area contributed by atoms with Crippen molar-refractivity contribution in [2.75, 3.05) is 0 Å². The van der Waals surface area contributed by atoms with E-state index in [1.807, 2.05) is 6.92 Å². The highest BCUT2D eigenvalue weighted by molar-refractivity contribution is 5.27. The molecular formula is C30H32F10O3. The maximum Gasteiger partial charge on any atom is 0.400 e. The Morgan fingerprint density at radius 1 is 0.651 bits per heavy atom. The Hall–Kier alpha value is -2.54. The molecule has 13 heteroatoms. The lowest BCUT2D eigenvalue weighted by molar-refractivity contribution is -0.314. The zero-order chi connectivity index (χ0) is 31.6. The summed E-state index contributed by atoms with van der Waals surface area (Å²) in [5.74, 6) is -10.1. The van der Waals surface area contributed by atoms with Crippen LogP contribution in [-0.2, 0) is 22.0 Å². The summed E-state index contributed by atoms with van der Waals surface area (Å²) in [5, 5.41) is 0. The summed E-state index contributed by atoms with van der Waals surface area (Å²) in [7, 11) is 0. The molecule has 240 valence electrons. The van der Waals surface area contributed by atoms with Gasteiger partial charge in [-0.3, -0.25) is 0 Å². The van der Waals surface area contributed by atoms with Gasteiger partial charge in [0, 0.05) is 12.1 Å². The normalized spacial score (nSPS) is 23.8. The minimum atomic E-state index is -3.95. The van der Waals surface area contributed by atoms with E-state index < -0.39 is 77.0 Å². The molecule has 4 rings (SSSR count). The van der Waals surface area contributed by atoms with Crippen molar-refractivity contribution in [2.45, 2.75) is 102 Å². The van der Waals surface area contributed by atoms with Gasteiger partial charge in [-0.2, -0.15) is 26.3 Å². The lowest BCUT2D eigenvalue weighted by Crippen LogP contribution is -2.43. The number of alkyl halides is 6. The van der Waals surface area contributed by atoms with Gasteiger partial charge in [-0.25, -0.2) is 17.6 Å². The van der Waals surface area contributed by atoms with Gasteiger partial charge in [0.2, 0.25) is 0 Å². The molecule has 0 spiro atoms. The molecule has 43 heavy (non-hydrogen) atoms. The summed E-state index contributed by atoms with van der Waals surface area (Å²) in [6.45, 7) is 1.87. The van der Waals surface area contributed by atoms with Gasteiger partial charge in [0.25, 0.3) is 0 Å². The molecule has 2 aromatic carbocycles. The van der Waals surface area contributed by atoms with Gasteiger partial charge < -0.3 is 14.2 Å². The predicted octanol–water partition coefficient (Wildman–Crippen LogP) is 9.66. The van der Waals surface area contributed by atoms with Crippen LogP contribution in [0.4, 0.5) is 43.9 Å². The number of halogens is 10. The largest absolute Gasteiger partial charge is 0.432 e. The standard InChI is InChI=1S/C30H32F10O3/c1-2-3-17-4-13-23(24(31)14-17)30(39,40)42-21-11-7-18(8-12-21)28(35,36)41-20-9-5-19(6-10-20)29(37,38)43-22-15-25(32)27(34)26(33)16-22/h4,13-16,18-21H,2-3,5-12H2,1H3. The molecule has 2 saturated carbocycles. The Morgan fingerprint density at radius 3 is 1.67 bits per heavy atom. The molecular weight excluding hydrogens is 598 g/mol. The number of hydrogen-bond donors (Lipinski definition) is 0. The van der Waals surface area contributed by atoms with Crippen molar-refractivity contribution in [1.82, 2.24) is 0 Å².